The molecule has 0 aromatic heterocycles. The first kappa shape index (κ1) is 23.4. The molecule has 0 aliphatic rings. The van der Waals surface area contributed by atoms with Gasteiger partial charge >= 0.3 is 5.97 Å². The normalized spacial score (nSPS) is 14.5. The molecule has 152 valence electrons. The summed E-state index contributed by atoms with van der Waals surface area (Å²) < 4.78 is 32.6. The molecule has 0 aliphatic heterocycles. The summed E-state index contributed by atoms with van der Waals surface area (Å²) in [6.45, 7) is 10.2. The first-order valence-electron chi connectivity index (χ1n) is 8.53. The first-order chi connectivity index (χ1) is 12.2. The van der Waals surface area contributed by atoms with Crippen LogP contribution in [0.2, 0.25) is 5.02 Å². The fourth-order valence-corrected chi connectivity index (χ4v) is 3.73. The third kappa shape index (κ3) is 7.48. The lowest BCUT2D eigenvalue weighted by Gasteiger charge is -2.25. The molecule has 1 amide bonds. The largest absolute Gasteiger partial charge is 0.451 e. The number of nitrogens with one attached hydrogen (secondary N) is 2. The topological polar surface area (TPSA) is 102 Å². The predicted molar refractivity (Wildman–Crippen MR) is 104 cm³/mol. The Morgan fingerprint density at radius 1 is 1.15 bits per heavy atom. The Morgan fingerprint density at radius 2 is 1.74 bits per heavy atom. The molecule has 9 heteroatoms. The summed E-state index contributed by atoms with van der Waals surface area (Å²) in [5, 5.41) is 2.96. The smallest absolute Gasteiger partial charge is 0.325 e. The average Bonchev–Trinajstić information content (AvgIpc) is 2.50. The van der Waals surface area contributed by atoms with Crippen LogP contribution in [-0.4, -0.2) is 38.0 Å². The van der Waals surface area contributed by atoms with Gasteiger partial charge in [0.15, 0.2) is 6.10 Å². The number of rotatable bonds is 7. The third-order valence-corrected chi connectivity index (χ3v) is 5.14. The van der Waals surface area contributed by atoms with Crippen molar-refractivity contribution in [1.82, 2.24) is 10.0 Å². The van der Waals surface area contributed by atoms with Gasteiger partial charge in [0.2, 0.25) is 10.0 Å². The lowest BCUT2D eigenvalue weighted by molar-refractivity contribution is -0.157. The van der Waals surface area contributed by atoms with Crippen LogP contribution in [0, 0.1) is 5.92 Å². The number of hydrogen-bond donors (Lipinski definition) is 2. The highest BCUT2D eigenvalue weighted by molar-refractivity contribution is 7.89. The van der Waals surface area contributed by atoms with Crippen LogP contribution in [-0.2, 0) is 24.3 Å². The van der Waals surface area contributed by atoms with Gasteiger partial charge in [0, 0.05) is 10.6 Å². The number of esters is 1. The number of benzene rings is 1. The molecule has 0 unspecified atom stereocenters. The Hall–Kier alpha value is -1.64. The second-order valence-corrected chi connectivity index (χ2v) is 9.77. The van der Waals surface area contributed by atoms with Gasteiger partial charge in [-0.15, -0.1) is 0 Å². The van der Waals surface area contributed by atoms with Crippen molar-refractivity contribution < 1.29 is 22.7 Å². The number of halogens is 1. The van der Waals surface area contributed by atoms with Gasteiger partial charge in [-0.05, 0) is 51.8 Å². The fraction of sp³-hybridized carbons (Fsp3) is 0.556. The van der Waals surface area contributed by atoms with Crippen molar-refractivity contribution in [2.24, 2.45) is 5.92 Å². The number of ether oxygens (including phenoxy) is 1. The molecule has 0 saturated carbocycles. The second-order valence-electron chi connectivity index (χ2n) is 7.62. The summed E-state index contributed by atoms with van der Waals surface area (Å²) in [5.74, 6) is -1.69. The summed E-state index contributed by atoms with van der Waals surface area (Å²) in [6.07, 6.45) is -1.06. The van der Waals surface area contributed by atoms with E-state index in [0.717, 1.165) is 0 Å². The van der Waals surface area contributed by atoms with Crippen LogP contribution in [0.3, 0.4) is 0 Å². The molecule has 0 fully saturated rings. The van der Waals surface area contributed by atoms with E-state index in [1.54, 1.807) is 40.7 Å². The van der Waals surface area contributed by atoms with Crippen LogP contribution in [0.15, 0.2) is 29.2 Å². The average molecular weight is 419 g/mol. The Labute approximate surface area is 165 Å². The second kappa shape index (κ2) is 9.03. The van der Waals surface area contributed by atoms with Crippen molar-refractivity contribution in [3.63, 3.8) is 0 Å². The molecule has 2 atom stereocenters. The van der Waals surface area contributed by atoms with Crippen LogP contribution in [0.25, 0.3) is 0 Å². The molecule has 0 saturated heterocycles. The minimum Gasteiger partial charge on any atom is -0.451 e. The summed E-state index contributed by atoms with van der Waals surface area (Å²) in [7, 11) is -3.99. The predicted octanol–water partition coefficient (Wildman–Crippen LogP) is 2.49. The first-order valence-corrected chi connectivity index (χ1v) is 10.4. The third-order valence-electron chi connectivity index (χ3n) is 3.47. The standard InChI is InChI=1S/C18H27ClN2O5S/c1-11(2)15(17(23)26-12(3)16(22)20-18(4,5)6)21-27(24,25)14-9-7-8-13(19)10-14/h7-12,15,21H,1-6H3,(H,20,22)/t12-,15-/m0/s1. The van der Waals surface area contributed by atoms with Crippen molar-refractivity contribution >= 4 is 33.5 Å². The van der Waals surface area contributed by atoms with E-state index in [2.05, 4.69) is 10.0 Å². The fourth-order valence-electron chi connectivity index (χ4n) is 2.10. The maximum absolute atomic E-state index is 12.6. The van der Waals surface area contributed by atoms with E-state index in [4.69, 9.17) is 16.3 Å². The number of carbonyl (C=O) groups is 2. The molecule has 7 nitrogen and oxygen atoms in total. The van der Waals surface area contributed by atoms with E-state index in [0.29, 0.717) is 0 Å². The van der Waals surface area contributed by atoms with Gasteiger partial charge in [-0.25, -0.2) is 8.42 Å². The number of hydrogen-bond acceptors (Lipinski definition) is 5. The van der Waals surface area contributed by atoms with E-state index in [-0.39, 0.29) is 9.92 Å². The number of sulfonamides is 1. The molecule has 0 heterocycles. The van der Waals surface area contributed by atoms with Crippen molar-refractivity contribution in [3.05, 3.63) is 29.3 Å². The zero-order valence-electron chi connectivity index (χ0n) is 16.4. The lowest BCUT2D eigenvalue weighted by Crippen LogP contribution is -2.50. The highest BCUT2D eigenvalue weighted by Crippen LogP contribution is 2.17. The Bertz CT molecular complexity index is 787. The monoisotopic (exact) mass is 418 g/mol. The van der Waals surface area contributed by atoms with Gasteiger partial charge in [-0.2, -0.15) is 4.72 Å². The molecule has 0 aliphatic carbocycles. The Morgan fingerprint density at radius 3 is 2.22 bits per heavy atom. The van der Waals surface area contributed by atoms with Crippen LogP contribution in [0.5, 0.6) is 0 Å². The van der Waals surface area contributed by atoms with Gasteiger partial charge in [0.1, 0.15) is 6.04 Å². The molecule has 0 spiro atoms. The highest BCUT2D eigenvalue weighted by Gasteiger charge is 2.32. The van der Waals surface area contributed by atoms with Gasteiger partial charge in [-0.3, -0.25) is 9.59 Å². The van der Waals surface area contributed by atoms with E-state index >= 15 is 0 Å². The van der Waals surface area contributed by atoms with Crippen molar-refractivity contribution in [2.75, 3.05) is 0 Å². The van der Waals surface area contributed by atoms with Gasteiger partial charge < -0.3 is 10.1 Å². The summed E-state index contributed by atoms with van der Waals surface area (Å²) in [5.41, 5.74) is -0.483. The molecule has 0 radical (unpaired) electrons. The van der Waals surface area contributed by atoms with E-state index in [1.165, 1.54) is 25.1 Å². The van der Waals surface area contributed by atoms with Crippen molar-refractivity contribution in [2.45, 2.75) is 64.1 Å². The lowest BCUT2D eigenvalue weighted by atomic mass is 10.1. The highest BCUT2D eigenvalue weighted by atomic mass is 35.5. The Balaban J connectivity index is 2.92. The van der Waals surface area contributed by atoms with Gasteiger partial charge in [0.25, 0.3) is 5.91 Å². The van der Waals surface area contributed by atoms with E-state index in [9.17, 15) is 18.0 Å². The molecule has 27 heavy (non-hydrogen) atoms. The van der Waals surface area contributed by atoms with E-state index < -0.39 is 45.5 Å². The van der Waals surface area contributed by atoms with Gasteiger partial charge in [0.05, 0.1) is 4.90 Å². The Kier molecular flexibility index (Phi) is 7.83. The van der Waals surface area contributed by atoms with Gasteiger partial charge in [-0.1, -0.05) is 31.5 Å². The van der Waals surface area contributed by atoms with Crippen LogP contribution in [0.4, 0.5) is 0 Å². The van der Waals surface area contributed by atoms with Crippen LogP contribution in [0.1, 0.15) is 41.5 Å². The molecule has 1 aromatic rings. The molecule has 1 rings (SSSR count). The molecule has 2 N–H and O–H groups in total. The summed E-state index contributed by atoms with van der Waals surface area (Å²) >= 11 is 5.84. The molecular weight excluding hydrogens is 392 g/mol. The maximum atomic E-state index is 12.6. The quantitative estimate of drug-likeness (QED) is 0.662. The molecular formula is C18H27ClN2O5S. The minimum atomic E-state index is -3.99. The zero-order chi connectivity index (χ0) is 21.0. The maximum Gasteiger partial charge on any atom is 0.325 e. The molecule has 1 aromatic carbocycles. The zero-order valence-corrected chi connectivity index (χ0v) is 17.9. The van der Waals surface area contributed by atoms with Crippen molar-refractivity contribution in [3.8, 4) is 0 Å². The van der Waals surface area contributed by atoms with Crippen molar-refractivity contribution in [1.29, 1.82) is 0 Å². The summed E-state index contributed by atoms with van der Waals surface area (Å²) in [6, 6.07) is 4.55. The number of carbonyl (C=O) groups excluding carboxylic acids is 2. The number of amides is 1. The van der Waals surface area contributed by atoms with Crippen LogP contribution < -0.4 is 10.0 Å². The summed E-state index contributed by atoms with van der Waals surface area (Å²) in [4.78, 5) is 24.5. The molecule has 0 bridgehead atoms. The van der Waals surface area contributed by atoms with E-state index in [1.807, 2.05) is 0 Å². The minimum absolute atomic E-state index is 0.0630. The van der Waals surface area contributed by atoms with Crippen LogP contribution >= 0.6 is 11.6 Å². The SMILES string of the molecule is CC(C)[C@H](NS(=O)(=O)c1cccc(Cl)c1)C(=O)O[C@@H](C)C(=O)NC(C)(C)C.